The van der Waals surface area contributed by atoms with E-state index in [9.17, 15) is 9.90 Å². The van der Waals surface area contributed by atoms with Crippen LogP contribution in [-0.2, 0) is 0 Å². The van der Waals surface area contributed by atoms with Crippen LogP contribution in [0, 0.1) is 0 Å². The van der Waals surface area contributed by atoms with Gasteiger partial charge in [0.15, 0.2) is 0 Å². The Morgan fingerprint density at radius 3 is 2.60 bits per heavy atom. The van der Waals surface area contributed by atoms with E-state index >= 15 is 0 Å². The van der Waals surface area contributed by atoms with Crippen molar-refractivity contribution in [3.8, 4) is 0 Å². The third kappa shape index (κ3) is 2.69. The topological polar surface area (TPSA) is 79.7 Å². The lowest BCUT2D eigenvalue weighted by atomic mass is 10.0. The monoisotopic (exact) mass is 276 g/mol. The summed E-state index contributed by atoms with van der Waals surface area (Å²) in [6, 6.07) is 6.95. The van der Waals surface area contributed by atoms with Crippen LogP contribution in [0.5, 0.6) is 0 Å². The van der Waals surface area contributed by atoms with Gasteiger partial charge in [0.05, 0.1) is 6.10 Å². The Kier molecular flexibility index (Phi) is 4.42. The van der Waals surface area contributed by atoms with Crippen molar-refractivity contribution in [1.82, 2.24) is 0 Å². The Hall–Kier alpha value is -1.85. The maximum Gasteiger partial charge on any atom is 0.336 e. The average Bonchev–Trinajstić information content (AvgIpc) is 2.46. The first-order chi connectivity index (χ1) is 9.60. The number of rotatable bonds is 5. The van der Waals surface area contributed by atoms with Gasteiger partial charge in [0.25, 0.3) is 0 Å². The molecule has 108 valence electrons. The first-order valence-electron chi connectivity index (χ1n) is 6.81. The maximum atomic E-state index is 11.6. The molecule has 0 bridgehead atoms. The normalized spacial score (nSPS) is 12.6. The fraction of sp³-hybridized carbons (Fsp3) is 0.400. The molecule has 1 heterocycles. The minimum absolute atomic E-state index is 0.0658. The van der Waals surface area contributed by atoms with Gasteiger partial charge < -0.3 is 20.2 Å². The minimum atomic E-state index is -0.860. The summed E-state index contributed by atoms with van der Waals surface area (Å²) in [6.45, 7) is 5.95. The molecular formula is C15H20N2O3. The molecule has 0 aliphatic carbocycles. The van der Waals surface area contributed by atoms with Crippen molar-refractivity contribution in [2.75, 3.05) is 24.5 Å². The third-order valence-electron chi connectivity index (χ3n) is 3.47. The van der Waals surface area contributed by atoms with Gasteiger partial charge in [-0.15, -0.1) is 0 Å². The molecule has 5 nitrogen and oxygen atoms in total. The molecule has 2 rings (SSSR count). The Bertz CT molecular complexity index is 647. The number of hydrogen-bond donors (Lipinski definition) is 2. The lowest BCUT2D eigenvalue weighted by molar-refractivity contribution is 0.187. The molecule has 1 unspecified atom stereocenters. The molecule has 0 aliphatic heterocycles. The summed E-state index contributed by atoms with van der Waals surface area (Å²) in [5.41, 5.74) is 6.99. The highest BCUT2D eigenvalue weighted by Crippen LogP contribution is 2.26. The zero-order valence-corrected chi connectivity index (χ0v) is 11.8. The van der Waals surface area contributed by atoms with Crippen molar-refractivity contribution < 1.29 is 9.52 Å². The highest BCUT2D eigenvalue weighted by atomic mass is 16.4. The molecule has 1 atom stereocenters. The molecule has 5 heteroatoms. The number of aliphatic hydroxyl groups is 1. The first kappa shape index (κ1) is 14.6. The number of nitrogens with two attached hydrogens (primary N) is 1. The summed E-state index contributed by atoms with van der Waals surface area (Å²) < 4.78 is 5.24. The van der Waals surface area contributed by atoms with Crippen LogP contribution in [0.2, 0.25) is 0 Å². The molecule has 3 N–H and O–H groups in total. The van der Waals surface area contributed by atoms with E-state index in [4.69, 9.17) is 10.2 Å². The number of aliphatic hydroxyl groups excluding tert-OH is 1. The molecule has 0 spiro atoms. The molecule has 2 aromatic rings. The van der Waals surface area contributed by atoms with Crippen LogP contribution in [-0.4, -0.2) is 24.7 Å². The SMILES string of the molecule is CCN(CC)c1ccc2c(C(O)CN)cc(=O)oc2c1. The van der Waals surface area contributed by atoms with Gasteiger partial charge in [0.1, 0.15) is 5.58 Å². The largest absolute Gasteiger partial charge is 0.423 e. The minimum Gasteiger partial charge on any atom is -0.423 e. The summed E-state index contributed by atoms with van der Waals surface area (Å²) >= 11 is 0. The zero-order valence-electron chi connectivity index (χ0n) is 11.8. The van der Waals surface area contributed by atoms with E-state index in [1.807, 2.05) is 18.2 Å². The van der Waals surface area contributed by atoms with Crippen LogP contribution >= 0.6 is 0 Å². The number of benzene rings is 1. The van der Waals surface area contributed by atoms with E-state index in [0.717, 1.165) is 24.2 Å². The summed E-state index contributed by atoms with van der Waals surface area (Å²) in [4.78, 5) is 13.8. The molecule has 0 saturated heterocycles. The molecule has 1 aromatic heterocycles. The molecular weight excluding hydrogens is 256 g/mol. The van der Waals surface area contributed by atoms with Crippen molar-refractivity contribution >= 4 is 16.7 Å². The predicted octanol–water partition coefficient (Wildman–Crippen LogP) is 1.63. The second-order valence-electron chi connectivity index (χ2n) is 4.63. The maximum absolute atomic E-state index is 11.6. The molecule has 0 radical (unpaired) electrons. The van der Waals surface area contributed by atoms with Gasteiger partial charge in [-0.2, -0.15) is 0 Å². The van der Waals surface area contributed by atoms with Crippen molar-refractivity contribution in [3.63, 3.8) is 0 Å². The van der Waals surface area contributed by atoms with Crippen molar-refractivity contribution in [2.24, 2.45) is 5.73 Å². The zero-order chi connectivity index (χ0) is 14.7. The highest BCUT2D eigenvalue weighted by molar-refractivity contribution is 5.84. The van der Waals surface area contributed by atoms with E-state index in [0.29, 0.717) is 11.1 Å². The predicted molar refractivity (Wildman–Crippen MR) is 80.1 cm³/mol. The van der Waals surface area contributed by atoms with Crippen LogP contribution in [0.3, 0.4) is 0 Å². The second kappa shape index (κ2) is 6.07. The van der Waals surface area contributed by atoms with Crippen LogP contribution in [0.4, 0.5) is 5.69 Å². The fourth-order valence-electron chi connectivity index (χ4n) is 2.36. The van der Waals surface area contributed by atoms with Gasteiger partial charge in [-0.1, -0.05) is 0 Å². The number of fused-ring (bicyclic) bond motifs is 1. The Labute approximate surface area is 117 Å². The van der Waals surface area contributed by atoms with Crippen molar-refractivity contribution in [2.45, 2.75) is 20.0 Å². The summed E-state index contributed by atoms with van der Waals surface area (Å²) in [5.74, 6) is 0. The molecule has 1 aromatic carbocycles. The number of hydrogen-bond acceptors (Lipinski definition) is 5. The molecule has 0 saturated carbocycles. The summed E-state index contributed by atoms with van der Waals surface area (Å²) in [6.07, 6.45) is -0.860. The average molecular weight is 276 g/mol. The smallest absolute Gasteiger partial charge is 0.336 e. The molecule has 0 fully saturated rings. The van der Waals surface area contributed by atoms with Gasteiger partial charge in [-0.3, -0.25) is 0 Å². The fourth-order valence-corrected chi connectivity index (χ4v) is 2.36. The summed E-state index contributed by atoms with van der Waals surface area (Å²) in [5, 5.41) is 10.6. The van der Waals surface area contributed by atoms with E-state index in [-0.39, 0.29) is 6.54 Å². The Morgan fingerprint density at radius 2 is 2.00 bits per heavy atom. The first-order valence-corrected chi connectivity index (χ1v) is 6.81. The Balaban J connectivity index is 2.61. The molecule has 0 amide bonds. The van der Waals surface area contributed by atoms with Gasteiger partial charge >= 0.3 is 5.63 Å². The quantitative estimate of drug-likeness (QED) is 0.811. The van der Waals surface area contributed by atoms with Crippen molar-refractivity contribution in [3.05, 3.63) is 40.2 Å². The molecule has 0 aliphatic rings. The summed E-state index contributed by atoms with van der Waals surface area (Å²) in [7, 11) is 0. The third-order valence-corrected chi connectivity index (χ3v) is 3.47. The lowest BCUT2D eigenvalue weighted by Gasteiger charge is -2.21. The number of anilines is 1. The van der Waals surface area contributed by atoms with Crippen molar-refractivity contribution in [1.29, 1.82) is 0 Å². The highest BCUT2D eigenvalue weighted by Gasteiger charge is 2.14. The van der Waals surface area contributed by atoms with Crippen LogP contribution < -0.4 is 16.3 Å². The van der Waals surface area contributed by atoms with E-state index < -0.39 is 11.7 Å². The van der Waals surface area contributed by atoms with Crippen LogP contribution in [0.1, 0.15) is 25.5 Å². The second-order valence-corrected chi connectivity index (χ2v) is 4.63. The van der Waals surface area contributed by atoms with Crippen LogP contribution in [0.25, 0.3) is 11.0 Å². The molecule has 20 heavy (non-hydrogen) atoms. The van der Waals surface area contributed by atoms with Crippen LogP contribution in [0.15, 0.2) is 33.5 Å². The van der Waals surface area contributed by atoms with E-state index in [1.165, 1.54) is 6.07 Å². The van der Waals surface area contributed by atoms with E-state index in [1.54, 1.807) is 0 Å². The van der Waals surface area contributed by atoms with E-state index in [2.05, 4.69) is 18.7 Å². The van der Waals surface area contributed by atoms with Gasteiger partial charge in [0, 0.05) is 42.8 Å². The van der Waals surface area contributed by atoms with Gasteiger partial charge in [-0.05, 0) is 31.5 Å². The Morgan fingerprint density at radius 1 is 1.30 bits per heavy atom. The lowest BCUT2D eigenvalue weighted by Crippen LogP contribution is -2.21. The number of nitrogens with zero attached hydrogens (tertiary/aromatic N) is 1. The van der Waals surface area contributed by atoms with Gasteiger partial charge in [0.2, 0.25) is 0 Å². The van der Waals surface area contributed by atoms with Gasteiger partial charge in [-0.25, -0.2) is 4.79 Å². The standard InChI is InChI=1S/C15H20N2O3/c1-3-17(4-2)10-5-6-11-12(13(18)9-16)8-15(19)20-14(11)7-10/h5-8,13,18H,3-4,9,16H2,1-2H3.